The van der Waals surface area contributed by atoms with Crippen LogP contribution in [0.25, 0.3) is 5.52 Å². The molecular formula is C23H23N7O. The maximum atomic E-state index is 13.1. The van der Waals surface area contributed by atoms with Crippen LogP contribution in [0.15, 0.2) is 46.6 Å². The number of nitrogens with one attached hydrogen (secondary N) is 2. The fraction of sp³-hybridized carbons (Fsp3) is 0.217. The zero-order valence-corrected chi connectivity index (χ0v) is 17.4. The van der Waals surface area contributed by atoms with Crippen LogP contribution >= 0.6 is 0 Å². The number of carbonyl (C=O) groups is 1. The smallest absolute Gasteiger partial charge is 0.257 e. The molecule has 0 radical (unpaired) electrons. The first-order valence-corrected chi connectivity index (χ1v) is 9.96. The van der Waals surface area contributed by atoms with E-state index >= 15 is 0 Å². The van der Waals surface area contributed by atoms with Gasteiger partial charge in [0.05, 0.1) is 28.0 Å². The van der Waals surface area contributed by atoms with E-state index in [-0.39, 0.29) is 5.91 Å². The van der Waals surface area contributed by atoms with Gasteiger partial charge in [0.15, 0.2) is 0 Å². The minimum absolute atomic E-state index is 0.317. The van der Waals surface area contributed by atoms with Gasteiger partial charge in [-0.3, -0.25) is 14.8 Å². The molecule has 3 aromatic rings. The summed E-state index contributed by atoms with van der Waals surface area (Å²) in [7, 11) is 0. The zero-order chi connectivity index (χ0) is 22.0. The number of nitrogens with zero attached hydrogens (tertiary/aromatic N) is 5. The summed E-state index contributed by atoms with van der Waals surface area (Å²) in [6.07, 6.45) is 3.64. The van der Waals surface area contributed by atoms with Gasteiger partial charge in [-0.25, -0.2) is 0 Å². The number of pyridine rings is 1. The van der Waals surface area contributed by atoms with Crippen molar-refractivity contribution in [2.75, 3.05) is 36.4 Å². The second-order valence-corrected chi connectivity index (χ2v) is 7.35. The average Bonchev–Trinajstić information content (AvgIpc) is 3.12. The quantitative estimate of drug-likeness (QED) is 0.626. The standard InChI is InChI=1S/C23H23N7O/c1-15-13-30-14-16(4-6-19(30)18(15)12-24)28-23(31)17-5-7-20(22(26-3)21(17)25-2)29-10-8-27-9-11-29/h4-7,13-14,27H,2-3,8-11H2,1H3,(H,28,31). The summed E-state index contributed by atoms with van der Waals surface area (Å²) in [4.78, 5) is 23.5. The van der Waals surface area contributed by atoms with Crippen molar-refractivity contribution in [2.24, 2.45) is 9.98 Å². The highest BCUT2D eigenvalue weighted by Gasteiger charge is 2.21. The van der Waals surface area contributed by atoms with Crippen LogP contribution in [0, 0.1) is 18.3 Å². The summed E-state index contributed by atoms with van der Waals surface area (Å²) in [5.41, 5.74) is 5.14. The molecule has 4 rings (SSSR count). The molecular weight excluding hydrogens is 390 g/mol. The van der Waals surface area contributed by atoms with Crippen LogP contribution in [0.2, 0.25) is 0 Å². The van der Waals surface area contributed by atoms with Crippen molar-refractivity contribution in [3.63, 3.8) is 0 Å². The summed E-state index contributed by atoms with van der Waals surface area (Å²) < 4.78 is 1.83. The minimum atomic E-state index is -0.317. The molecule has 0 bridgehead atoms. The number of amides is 1. The molecule has 31 heavy (non-hydrogen) atoms. The van der Waals surface area contributed by atoms with Crippen molar-refractivity contribution >= 4 is 47.6 Å². The molecule has 1 aromatic carbocycles. The second kappa shape index (κ2) is 8.42. The van der Waals surface area contributed by atoms with Crippen molar-refractivity contribution in [3.8, 4) is 6.07 Å². The summed E-state index contributed by atoms with van der Waals surface area (Å²) >= 11 is 0. The summed E-state index contributed by atoms with van der Waals surface area (Å²) in [6.45, 7) is 12.7. The van der Waals surface area contributed by atoms with Crippen molar-refractivity contribution in [3.05, 3.63) is 53.3 Å². The second-order valence-electron chi connectivity index (χ2n) is 7.35. The molecule has 8 heteroatoms. The number of aryl methyl sites for hydroxylation is 1. The minimum Gasteiger partial charge on any atom is -0.367 e. The fourth-order valence-electron chi connectivity index (χ4n) is 3.96. The van der Waals surface area contributed by atoms with E-state index in [1.165, 1.54) is 0 Å². The van der Waals surface area contributed by atoms with E-state index in [1.54, 1.807) is 18.3 Å². The number of rotatable bonds is 5. The Bertz CT molecular complexity index is 1230. The normalized spacial score (nSPS) is 13.6. The number of carbonyl (C=O) groups excluding carboxylic acids is 1. The predicted molar refractivity (Wildman–Crippen MR) is 125 cm³/mol. The molecule has 3 heterocycles. The molecule has 0 spiro atoms. The van der Waals surface area contributed by atoms with Crippen LogP contribution < -0.4 is 15.5 Å². The lowest BCUT2D eigenvalue weighted by Gasteiger charge is -2.31. The molecule has 0 saturated carbocycles. The third kappa shape index (κ3) is 3.67. The van der Waals surface area contributed by atoms with Gasteiger partial charge in [0.25, 0.3) is 5.91 Å². The molecule has 1 aliphatic rings. The Hall–Kier alpha value is -3.96. The maximum absolute atomic E-state index is 13.1. The Morgan fingerprint density at radius 1 is 1.13 bits per heavy atom. The largest absolute Gasteiger partial charge is 0.367 e. The van der Waals surface area contributed by atoms with Gasteiger partial charge in [-0.2, -0.15) is 5.26 Å². The molecule has 0 atom stereocenters. The lowest BCUT2D eigenvalue weighted by Crippen LogP contribution is -2.43. The van der Waals surface area contributed by atoms with Crippen molar-refractivity contribution in [2.45, 2.75) is 6.92 Å². The Morgan fingerprint density at radius 3 is 2.55 bits per heavy atom. The maximum Gasteiger partial charge on any atom is 0.257 e. The Balaban J connectivity index is 1.66. The van der Waals surface area contributed by atoms with Crippen molar-refractivity contribution in [1.29, 1.82) is 5.26 Å². The molecule has 0 aliphatic carbocycles. The number of aliphatic imine (C=N–C) groups is 2. The van der Waals surface area contributed by atoms with E-state index in [1.807, 2.05) is 29.7 Å². The first-order valence-electron chi connectivity index (χ1n) is 9.96. The van der Waals surface area contributed by atoms with Gasteiger partial charge in [-0.1, -0.05) is 0 Å². The number of anilines is 2. The van der Waals surface area contributed by atoms with Crippen LogP contribution in [0.1, 0.15) is 21.5 Å². The molecule has 2 N–H and O–H groups in total. The Morgan fingerprint density at radius 2 is 1.87 bits per heavy atom. The Labute approximate surface area is 180 Å². The van der Waals surface area contributed by atoms with E-state index < -0.39 is 0 Å². The monoisotopic (exact) mass is 413 g/mol. The first kappa shape index (κ1) is 20.3. The topological polar surface area (TPSA) is 97.3 Å². The first-order chi connectivity index (χ1) is 15.1. The molecule has 1 fully saturated rings. The molecule has 2 aromatic heterocycles. The Kier molecular flexibility index (Phi) is 5.52. The summed E-state index contributed by atoms with van der Waals surface area (Å²) in [5, 5.41) is 15.5. The van der Waals surface area contributed by atoms with Gasteiger partial charge in [0.2, 0.25) is 0 Å². The average molecular weight is 413 g/mol. The van der Waals surface area contributed by atoms with Gasteiger partial charge >= 0.3 is 0 Å². The van der Waals surface area contributed by atoms with Crippen LogP contribution in [-0.4, -0.2) is 49.9 Å². The fourth-order valence-corrected chi connectivity index (χ4v) is 3.96. The number of nitriles is 1. The highest BCUT2D eigenvalue weighted by atomic mass is 16.1. The highest BCUT2D eigenvalue weighted by Crippen LogP contribution is 2.40. The van der Waals surface area contributed by atoms with Crippen molar-refractivity contribution < 1.29 is 4.79 Å². The molecule has 0 unspecified atom stereocenters. The van der Waals surface area contributed by atoms with E-state index in [9.17, 15) is 10.1 Å². The van der Waals surface area contributed by atoms with Crippen LogP contribution in [0.5, 0.6) is 0 Å². The molecule has 1 saturated heterocycles. The number of hydrogen-bond donors (Lipinski definition) is 2. The lowest BCUT2D eigenvalue weighted by atomic mass is 10.1. The lowest BCUT2D eigenvalue weighted by molar-refractivity contribution is 0.102. The SMILES string of the molecule is C=Nc1c(C(=O)Nc2ccc3c(C#N)c(C)cn3c2)ccc(N2CCNCC2)c1N=C. The van der Waals surface area contributed by atoms with Gasteiger partial charge in [-0.15, -0.1) is 0 Å². The number of piperazine rings is 1. The van der Waals surface area contributed by atoms with Gasteiger partial charge in [0.1, 0.15) is 17.4 Å². The van der Waals surface area contributed by atoms with Gasteiger partial charge in [-0.05, 0) is 50.2 Å². The van der Waals surface area contributed by atoms with Gasteiger partial charge < -0.3 is 19.9 Å². The van der Waals surface area contributed by atoms with Crippen LogP contribution in [0.4, 0.5) is 22.7 Å². The van der Waals surface area contributed by atoms with E-state index in [4.69, 9.17) is 0 Å². The molecule has 1 aliphatic heterocycles. The highest BCUT2D eigenvalue weighted by molar-refractivity contribution is 6.10. The third-order valence-electron chi connectivity index (χ3n) is 5.48. The molecule has 8 nitrogen and oxygen atoms in total. The van der Waals surface area contributed by atoms with Crippen LogP contribution in [-0.2, 0) is 0 Å². The molecule has 1 amide bonds. The van der Waals surface area contributed by atoms with Crippen molar-refractivity contribution in [1.82, 2.24) is 9.72 Å². The number of fused-ring (bicyclic) bond motifs is 1. The summed E-state index contributed by atoms with van der Waals surface area (Å²) in [5.74, 6) is -0.317. The van der Waals surface area contributed by atoms with E-state index in [2.05, 4.69) is 45.0 Å². The number of hydrogen-bond acceptors (Lipinski definition) is 6. The number of aromatic nitrogens is 1. The van der Waals surface area contributed by atoms with E-state index in [0.717, 1.165) is 42.9 Å². The molecule has 156 valence electrons. The van der Waals surface area contributed by atoms with E-state index in [0.29, 0.717) is 28.2 Å². The van der Waals surface area contributed by atoms with Gasteiger partial charge in [0, 0.05) is 38.6 Å². The predicted octanol–water partition coefficient (Wildman–Crippen LogP) is 3.45. The number of benzene rings is 1. The zero-order valence-electron chi connectivity index (χ0n) is 17.4. The van der Waals surface area contributed by atoms with Crippen LogP contribution in [0.3, 0.4) is 0 Å². The third-order valence-corrected chi connectivity index (χ3v) is 5.48. The summed E-state index contributed by atoms with van der Waals surface area (Å²) in [6, 6.07) is 9.44.